The predicted molar refractivity (Wildman–Crippen MR) is 88.1 cm³/mol. The van der Waals surface area contributed by atoms with Gasteiger partial charge in [0.15, 0.2) is 0 Å². The summed E-state index contributed by atoms with van der Waals surface area (Å²) in [4.78, 5) is 0. The zero-order chi connectivity index (χ0) is 16.5. The zero-order valence-corrected chi connectivity index (χ0v) is 16.2. The number of ether oxygens (including phenoxy) is 2. The van der Waals surface area contributed by atoms with Crippen molar-refractivity contribution in [2.75, 3.05) is 0 Å². The van der Waals surface area contributed by atoms with Gasteiger partial charge in [0, 0.05) is 39.0 Å². The van der Waals surface area contributed by atoms with E-state index in [0.717, 1.165) is 11.3 Å². The molecule has 1 radical (unpaired) electrons. The normalized spacial score (nSPS) is 15.5. The van der Waals surface area contributed by atoms with Crippen LogP contribution in [0.1, 0.15) is 5.56 Å². The van der Waals surface area contributed by atoms with Crippen LogP contribution in [0, 0.1) is 12.4 Å². The second kappa shape index (κ2) is 10.6. The Labute approximate surface area is 171 Å². The van der Waals surface area contributed by atoms with Crippen molar-refractivity contribution < 1.29 is 42.2 Å². The third kappa shape index (κ3) is 6.32. The van der Waals surface area contributed by atoms with Crippen molar-refractivity contribution >= 4 is 11.4 Å². The Hall–Kier alpha value is -2.18. The fraction of sp³-hybridized carbons (Fsp3) is 0.0556. The monoisotopic (exact) mass is 407 g/mol. The van der Waals surface area contributed by atoms with Crippen LogP contribution in [0.5, 0.6) is 0 Å². The number of fused-ring (bicyclic) bond motifs is 1. The van der Waals surface area contributed by atoms with Gasteiger partial charge >= 0.3 is 0 Å². The third-order valence-electron chi connectivity index (χ3n) is 3.00. The summed E-state index contributed by atoms with van der Waals surface area (Å²) in [5.74, 6) is 0. The Morgan fingerprint density at radius 2 is 2.08 bits per heavy atom. The second-order valence-electron chi connectivity index (χ2n) is 4.66. The smallest absolute Gasteiger partial charge is 0.0865 e. The average molecular weight is 407 g/mol. The van der Waals surface area contributed by atoms with Gasteiger partial charge < -0.3 is 9.47 Å². The van der Waals surface area contributed by atoms with Crippen LogP contribution in [0.15, 0.2) is 93.9 Å². The molecule has 25 heavy (non-hydrogen) atoms. The van der Waals surface area contributed by atoms with Gasteiger partial charge in [-0.3, -0.25) is 0 Å². The van der Waals surface area contributed by atoms with Crippen molar-refractivity contribution in [3.05, 3.63) is 91.4 Å². The molecule has 0 aliphatic carbocycles. The van der Waals surface area contributed by atoms with Crippen molar-refractivity contribution in [3.8, 4) is 0 Å². The quantitative estimate of drug-likeness (QED) is 0.388. The molecule has 1 aliphatic rings. The van der Waals surface area contributed by atoms with Gasteiger partial charge in [0.25, 0.3) is 0 Å². The molecular formula is C18H14N4O2Y-2. The van der Waals surface area contributed by atoms with Gasteiger partial charge in [0.1, 0.15) is 0 Å². The van der Waals surface area contributed by atoms with Crippen LogP contribution in [0.3, 0.4) is 0 Å². The molecule has 3 rings (SSSR count). The van der Waals surface area contributed by atoms with Crippen LogP contribution in [0.4, 0.5) is 11.4 Å². The van der Waals surface area contributed by atoms with Gasteiger partial charge in [-0.1, -0.05) is 24.6 Å². The van der Waals surface area contributed by atoms with E-state index in [4.69, 9.17) is 9.47 Å². The molecule has 2 aromatic rings. The second-order valence-corrected chi connectivity index (χ2v) is 4.66. The average Bonchev–Trinajstić information content (AvgIpc) is 2.72. The fourth-order valence-electron chi connectivity index (χ4n) is 1.93. The van der Waals surface area contributed by atoms with E-state index in [9.17, 15) is 0 Å². The van der Waals surface area contributed by atoms with Gasteiger partial charge in [-0.2, -0.15) is 44.7 Å². The molecule has 0 spiro atoms. The molecule has 0 N–H and O–H groups in total. The molecule has 7 heteroatoms. The molecule has 2 aromatic carbocycles. The van der Waals surface area contributed by atoms with Crippen LogP contribution < -0.4 is 0 Å². The molecule has 0 unspecified atom stereocenters. The predicted octanol–water partition coefficient (Wildman–Crippen LogP) is 5.37. The Morgan fingerprint density at radius 1 is 1.20 bits per heavy atom. The molecule has 123 valence electrons. The summed E-state index contributed by atoms with van der Waals surface area (Å²) >= 11 is 0. The zero-order valence-electron chi connectivity index (χ0n) is 13.3. The third-order valence-corrected chi connectivity index (χ3v) is 3.00. The molecule has 1 aliphatic heterocycles. The molecule has 0 saturated heterocycles. The number of hydrogen-bond acceptors (Lipinski definition) is 6. The summed E-state index contributed by atoms with van der Waals surface area (Å²) in [5, 5.41) is 15.9. The van der Waals surface area contributed by atoms with Gasteiger partial charge in [0.2, 0.25) is 0 Å². The standard InChI is InChI=1S/C18H14N4O2.Y/c1-2-7-16(8-3-1)21-19-10-12-23-18-14-15-6-4-5-9-17(15)22-20-11-13-24-18;/h1-7,9-13H,14H2;/q-2;/b12-10-,13-11-,21-19?,22-20?;. The summed E-state index contributed by atoms with van der Waals surface area (Å²) in [5.41, 5.74) is 2.37. The van der Waals surface area contributed by atoms with Crippen LogP contribution >= 0.6 is 0 Å². The summed E-state index contributed by atoms with van der Waals surface area (Å²) in [6.45, 7) is 0. The molecule has 0 fully saturated rings. The van der Waals surface area contributed by atoms with E-state index in [-0.39, 0.29) is 32.7 Å². The molecule has 0 saturated carbocycles. The van der Waals surface area contributed by atoms with Crippen LogP contribution in [-0.2, 0) is 48.6 Å². The van der Waals surface area contributed by atoms with Crippen LogP contribution in [0.25, 0.3) is 0 Å². The Bertz CT molecular complexity index is 776. The van der Waals surface area contributed by atoms with Crippen LogP contribution in [0.2, 0.25) is 0 Å². The largest absolute Gasteiger partial charge is 0.623 e. The van der Waals surface area contributed by atoms with Crippen molar-refractivity contribution in [1.82, 2.24) is 0 Å². The molecule has 0 amide bonds. The Morgan fingerprint density at radius 3 is 2.96 bits per heavy atom. The van der Waals surface area contributed by atoms with Gasteiger partial charge in [0.05, 0.1) is 30.6 Å². The van der Waals surface area contributed by atoms with Crippen molar-refractivity contribution in [3.63, 3.8) is 0 Å². The topological polar surface area (TPSA) is 67.9 Å². The maximum absolute atomic E-state index is 5.48. The minimum absolute atomic E-state index is 0. The first-order valence-corrected chi connectivity index (χ1v) is 7.27. The number of rotatable bonds is 4. The molecular weight excluding hydrogens is 393 g/mol. The van der Waals surface area contributed by atoms with Gasteiger partial charge in [-0.15, -0.1) is 6.07 Å². The minimum Gasteiger partial charge on any atom is -0.623 e. The molecule has 6 nitrogen and oxygen atoms in total. The van der Waals surface area contributed by atoms with E-state index >= 15 is 0 Å². The minimum atomic E-state index is 0. The summed E-state index contributed by atoms with van der Waals surface area (Å²) < 4.78 is 10.9. The number of benzene rings is 2. The van der Waals surface area contributed by atoms with Crippen LogP contribution in [-0.4, -0.2) is 0 Å². The first-order valence-electron chi connectivity index (χ1n) is 7.27. The van der Waals surface area contributed by atoms with Crippen molar-refractivity contribution in [1.29, 1.82) is 0 Å². The maximum atomic E-state index is 5.48. The van der Waals surface area contributed by atoms with Gasteiger partial charge in [-0.05, 0) is 17.3 Å². The Balaban J connectivity index is 0.00000225. The Kier molecular flexibility index (Phi) is 8.15. The van der Waals surface area contributed by atoms with Gasteiger partial charge in [-0.25, -0.2) is 0 Å². The SMILES string of the molecule is [Y].[c-]1ccccc1N=N/C=C\O[C-]1Cc2ccccc2N=N/C=C\O1. The van der Waals surface area contributed by atoms with E-state index in [1.165, 1.54) is 24.9 Å². The molecule has 1 heterocycles. The van der Waals surface area contributed by atoms with Crippen molar-refractivity contribution in [2.45, 2.75) is 6.42 Å². The van der Waals surface area contributed by atoms with E-state index in [0.29, 0.717) is 18.4 Å². The summed E-state index contributed by atoms with van der Waals surface area (Å²) in [6, 6.07) is 17.9. The number of azo groups is 2. The van der Waals surface area contributed by atoms with Crippen molar-refractivity contribution in [2.24, 2.45) is 20.5 Å². The number of nitrogens with zero attached hydrogens (tertiary/aromatic N) is 4. The maximum Gasteiger partial charge on any atom is 0.0865 e. The fourth-order valence-corrected chi connectivity index (χ4v) is 1.93. The molecule has 0 aromatic heterocycles. The van der Waals surface area contributed by atoms with E-state index < -0.39 is 0 Å². The number of hydrogen-bond donors (Lipinski definition) is 0. The molecule has 0 atom stereocenters. The first kappa shape index (κ1) is 19.2. The summed E-state index contributed by atoms with van der Waals surface area (Å²) in [7, 11) is 0. The van der Waals surface area contributed by atoms with E-state index in [1.807, 2.05) is 42.5 Å². The first-order chi connectivity index (χ1) is 11.9. The van der Waals surface area contributed by atoms with E-state index in [2.05, 4.69) is 26.5 Å². The summed E-state index contributed by atoms with van der Waals surface area (Å²) in [6.07, 6.45) is 6.56. The molecule has 0 bridgehead atoms. The van der Waals surface area contributed by atoms with E-state index in [1.54, 1.807) is 6.07 Å².